The lowest BCUT2D eigenvalue weighted by molar-refractivity contribution is 0.413. The maximum Gasteiger partial charge on any atom is 0.223 e. The van der Waals surface area contributed by atoms with E-state index in [9.17, 15) is 0 Å². The molecule has 0 spiro atoms. The van der Waals surface area contributed by atoms with Gasteiger partial charge in [0.2, 0.25) is 5.95 Å². The molecule has 0 bridgehead atoms. The van der Waals surface area contributed by atoms with Crippen LogP contribution in [0.25, 0.3) is 11.3 Å². The molecule has 0 aliphatic carbocycles. The molecule has 2 rings (SSSR count). The molecule has 0 saturated carbocycles. The number of hydrogen-bond acceptors (Lipinski definition) is 4. The van der Waals surface area contributed by atoms with E-state index in [0.717, 1.165) is 28.3 Å². The fraction of sp³-hybridized carbons (Fsp3) is 0.333. The number of ether oxygens (including phenoxy) is 1. The summed E-state index contributed by atoms with van der Waals surface area (Å²) in [5, 5.41) is 2.98. The number of rotatable bonds is 3. The Labute approximate surface area is 113 Å². The van der Waals surface area contributed by atoms with Gasteiger partial charge in [0, 0.05) is 18.3 Å². The molecular weight excluding hydrogens is 238 g/mol. The van der Waals surface area contributed by atoms with Gasteiger partial charge in [0.15, 0.2) is 0 Å². The van der Waals surface area contributed by atoms with Gasteiger partial charge in [-0.3, -0.25) is 0 Å². The highest BCUT2D eigenvalue weighted by Crippen LogP contribution is 2.33. The molecule has 1 N–H and O–H groups in total. The van der Waals surface area contributed by atoms with Crippen molar-refractivity contribution in [3.05, 3.63) is 35.0 Å². The normalized spacial score (nSPS) is 10.4. The summed E-state index contributed by atoms with van der Waals surface area (Å²) >= 11 is 0. The second kappa shape index (κ2) is 5.26. The highest BCUT2D eigenvalue weighted by atomic mass is 16.5. The number of aromatic nitrogens is 2. The van der Waals surface area contributed by atoms with Crippen LogP contribution in [0.3, 0.4) is 0 Å². The van der Waals surface area contributed by atoms with Crippen LogP contribution in [0.2, 0.25) is 0 Å². The molecule has 0 aliphatic heterocycles. The van der Waals surface area contributed by atoms with Crippen LogP contribution in [0, 0.1) is 20.8 Å². The van der Waals surface area contributed by atoms with E-state index < -0.39 is 0 Å². The molecular formula is C15H19N3O. The van der Waals surface area contributed by atoms with Crippen LogP contribution in [0.1, 0.15) is 16.8 Å². The SMILES string of the molecule is CNc1nc(C)cc(-c2cc(C)cc(C)c2OC)n1. The number of nitrogens with one attached hydrogen (secondary N) is 1. The Morgan fingerprint density at radius 2 is 1.79 bits per heavy atom. The summed E-state index contributed by atoms with van der Waals surface area (Å²) < 4.78 is 5.52. The van der Waals surface area contributed by atoms with Crippen molar-refractivity contribution in [3.63, 3.8) is 0 Å². The Kier molecular flexibility index (Phi) is 3.69. The van der Waals surface area contributed by atoms with Gasteiger partial charge in [-0.1, -0.05) is 6.07 Å². The molecule has 0 unspecified atom stereocenters. The van der Waals surface area contributed by atoms with E-state index >= 15 is 0 Å². The first-order chi connectivity index (χ1) is 9.05. The molecule has 0 atom stereocenters. The highest BCUT2D eigenvalue weighted by molar-refractivity contribution is 5.71. The third-order valence-electron chi connectivity index (χ3n) is 2.98. The summed E-state index contributed by atoms with van der Waals surface area (Å²) in [6, 6.07) is 6.17. The van der Waals surface area contributed by atoms with E-state index in [1.807, 2.05) is 27.0 Å². The summed E-state index contributed by atoms with van der Waals surface area (Å²) in [7, 11) is 3.51. The molecule has 0 saturated heterocycles. The van der Waals surface area contributed by atoms with Gasteiger partial charge >= 0.3 is 0 Å². The van der Waals surface area contributed by atoms with Crippen LogP contribution < -0.4 is 10.1 Å². The van der Waals surface area contributed by atoms with E-state index in [1.165, 1.54) is 5.56 Å². The van der Waals surface area contributed by atoms with Crippen LogP contribution in [-0.2, 0) is 0 Å². The Bertz CT molecular complexity index is 609. The first kappa shape index (κ1) is 13.3. The van der Waals surface area contributed by atoms with Crippen LogP contribution >= 0.6 is 0 Å². The fourth-order valence-electron chi connectivity index (χ4n) is 2.23. The van der Waals surface area contributed by atoms with Crippen molar-refractivity contribution in [1.29, 1.82) is 0 Å². The molecule has 0 aliphatic rings. The number of benzene rings is 1. The molecule has 1 heterocycles. The lowest BCUT2D eigenvalue weighted by Gasteiger charge is -2.13. The van der Waals surface area contributed by atoms with Crippen LogP contribution in [0.4, 0.5) is 5.95 Å². The summed E-state index contributed by atoms with van der Waals surface area (Å²) in [6.45, 7) is 6.08. The zero-order chi connectivity index (χ0) is 14.0. The zero-order valence-electron chi connectivity index (χ0n) is 12.0. The Hall–Kier alpha value is -2.10. The van der Waals surface area contributed by atoms with Crippen molar-refractivity contribution in [2.45, 2.75) is 20.8 Å². The second-order valence-electron chi connectivity index (χ2n) is 4.63. The standard InChI is InChI=1S/C15H19N3O/c1-9-6-10(2)14(19-5)12(7-9)13-8-11(3)17-15(16-4)18-13/h6-8H,1-5H3,(H,16,17,18). The minimum Gasteiger partial charge on any atom is -0.496 e. The smallest absolute Gasteiger partial charge is 0.223 e. The third-order valence-corrected chi connectivity index (χ3v) is 2.98. The Balaban J connectivity index is 2.67. The average molecular weight is 257 g/mol. The molecule has 0 radical (unpaired) electrons. The van der Waals surface area contributed by atoms with Crippen molar-refractivity contribution >= 4 is 5.95 Å². The van der Waals surface area contributed by atoms with Gasteiger partial charge in [-0.05, 0) is 44.0 Å². The van der Waals surface area contributed by atoms with E-state index in [-0.39, 0.29) is 0 Å². The maximum absolute atomic E-state index is 5.52. The quantitative estimate of drug-likeness (QED) is 0.917. The van der Waals surface area contributed by atoms with Crippen LogP contribution in [-0.4, -0.2) is 24.1 Å². The van der Waals surface area contributed by atoms with Crippen molar-refractivity contribution < 1.29 is 4.74 Å². The first-order valence-electron chi connectivity index (χ1n) is 6.24. The van der Waals surface area contributed by atoms with Gasteiger partial charge in [0.1, 0.15) is 5.75 Å². The minimum atomic E-state index is 0.621. The minimum absolute atomic E-state index is 0.621. The lowest BCUT2D eigenvalue weighted by Crippen LogP contribution is -2.01. The Morgan fingerprint density at radius 3 is 2.42 bits per heavy atom. The maximum atomic E-state index is 5.52. The molecule has 0 fully saturated rings. The summed E-state index contributed by atoms with van der Waals surface area (Å²) in [5.74, 6) is 1.49. The molecule has 100 valence electrons. The highest BCUT2D eigenvalue weighted by Gasteiger charge is 2.12. The zero-order valence-corrected chi connectivity index (χ0v) is 12.0. The van der Waals surface area contributed by atoms with Gasteiger partial charge in [-0.15, -0.1) is 0 Å². The number of methoxy groups -OCH3 is 1. The van der Waals surface area contributed by atoms with Crippen LogP contribution in [0.5, 0.6) is 5.75 Å². The van der Waals surface area contributed by atoms with Gasteiger partial charge in [-0.2, -0.15) is 0 Å². The average Bonchev–Trinajstić information content (AvgIpc) is 2.37. The molecule has 19 heavy (non-hydrogen) atoms. The van der Waals surface area contributed by atoms with Crippen molar-refractivity contribution in [2.24, 2.45) is 0 Å². The van der Waals surface area contributed by atoms with E-state index in [4.69, 9.17) is 4.74 Å². The topological polar surface area (TPSA) is 47.0 Å². The second-order valence-corrected chi connectivity index (χ2v) is 4.63. The molecule has 1 aromatic carbocycles. The predicted molar refractivity (Wildman–Crippen MR) is 77.8 cm³/mol. The Morgan fingerprint density at radius 1 is 1.05 bits per heavy atom. The van der Waals surface area contributed by atoms with E-state index in [0.29, 0.717) is 5.95 Å². The molecule has 1 aromatic heterocycles. The van der Waals surface area contributed by atoms with E-state index in [1.54, 1.807) is 7.11 Å². The molecule has 0 amide bonds. The largest absolute Gasteiger partial charge is 0.496 e. The van der Waals surface area contributed by atoms with E-state index in [2.05, 4.69) is 34.3 Å². The van der Waals surface area contributed by atoms with Gasteiger partial charge in [-0.25, -0.2) is 9.97 Å². The summed E-state index contributed by atoms with van der Waals surface area (Å²) in [4.78, 5) is 8.83. The van der Waals surface area contributed by atoms with Gasteiger partial charge in [0.25, 0.3) is 0 Å². The third kappa shape index (κ3) is 2.67. The predicted octanol–water partition coefficient (Wildman–Crippen LogP) is 3.12. The van der Waals surface area contributed by atoms with Gasteiger partial charge < -0.3 is 10.1 Å². The first-order valence-corrected chi connectivity index (χ1v) is 6.24. The van der Waals surface area contributed by atoms with Crippen molar-refractivity contribution in [2.75, 3.05) is 19.5 Å². The summed E-state index contributed by atoms with van der Waals surface area (Å²) in [5.41, 5.74) is 5.11. The van der Waals surface area contributed by atoms with Crippen molar-refractivity contribution in [3.8, 4) is 17.0 Å². The number of nitrogens with zero attached hydrogens (tertiary/aromatic N) is 2. The lowest BCUT2D eigenvalue weighted by atomic mass is 10.0. The number of anilines is 1. The number of hydrogen-bond donors (Lipinski definition) is 1. The molecule has 4 nitrogen and oxygen atoms in total. The van der Waals surface area contributed by atoms with Gasteiger partial charge in [0.05, 0.1) is 12.8 Å². The fourth-order valence-corrected chi connectivity index (χ4v) is 2.23. The molecule has 2 aromatic rings. The van der Waals surface area contributed by atoms with Crippen LogP contribution in [0.15, 0.2) is 18.2 Å². The number of aryl methyl sites for hydroxylation is 3. The summed E-state index contributed by atoms with van der Waals surface area (Å²) in [6.07, 6.45) is 0. The monoisotopic (exact) mass is 257 g/mol. The van der Waals surface area contributed by atoms with Crippen molar-refractivity contribution in [1.82, 2.24) is 9.97 Å². The molecule has 4 heteroatoms.